The molecule has 1 saturated carbocycles. The molecule has 0 radical (unpaired) electrons. The van der Waals surface area contributed by atoms with Crippen molar-refractivity contribution in [3.8, 4) is 0 Å². The van der Waals surface area contributed by atoms with Gasteiger partial charge < -0.3 is 4.90 Å². The summed E-state index contributed by atoms with van der Waals surface area (Å²) < 4.78 is 0. The lowest BCUT2D eigenvalue weighted by atomic mass is 9.55. The second-order valence-corrected chi connectivity index (χ2v) is 8.20. The van der Waals surface area contributed by atoms with Crippen molar-refractivity contribution in [3.05, 3.63) is 16.1 Å². The van der Waals surface area contributed by atoms with Crippen molar-refractivity contribution in [2.75, 3.05) is 6.54 Å². The maximum atomic E-state index is 12.5. The van der Waals surface area contributed by atoms with Gasteiger partial charge in [-0.25, -0.2) is 4.98 Å². The van der Waals surface area contributed by atoms with Crippen LogP contribution in [0.4, 0.5) is 0 Å². The Hall–Kier alpha value is -0.900. The minimum absolute atomic E-state index is 0.359. The number of rotatable bonds is 5. The van der Waals surface area contributed by atoms with E-state index in [0.29, 0.717) is 29.7 Å². The fourth-order valence-corrected chi connectivity index (χ4v) is 4.88. The van der Waals surface area contributed by atoms with Gasteiger partial charge in [-0.1, -0.05) is 20.3 Å². The second kappa shape index (κ2) is 5.71. The van der Waals surface area contributed by atoms with Crippen molar-refractivity contribution in [2.45, 2.75) is 65.3 Å². The predicted molar refractivity (Wildman–Crippen MR) is 86.4 cm³/mol. The topological polar surface area (TPSA) is 33.2 Å². The highest BCUT2D eigenvalue weighted by Crippen LogP contribution is 2.55. The summed E-state index contributed by atoms with van der Waals surface area (Å²) in [4.78, 5) is 19.1. The van der Waals surface area contributed by atoms with Crippen LogP contribution in [0.25, 0.3) is 0 Å². The van der Waals surface area contributed by atoms with Crippen molar-refractivity contribution in [3.63, 3.8) is 0 Å². The molecule has 1 aliphatic heterocycles. The molecule has 3 nitrogen and oxygen atoms in total. The molecular weight excluding hydrogens is 280 g/mol. The molecule has 1 spiro atoms. The first-order chi connectivity index (χ1) is 10.0. The van der Waals surface area contributed by atoms with Crippen LogP contribution in [0, 0.1) is 18.3 Å². The van der Waals surface area contributed by atoms with Gasteiger partial charge in [-0.3, -0.25) is 4.79 Å². The Morgan fingerprint density at radius 2 is 2.29 bits per heavy atom. The molecule has 1 amide bonds. The van der Waals surface area contributed by atoms with Crippen LogP contribution < -0.4 is 0 Å². The van der Waals surface area contributed by atoms with E-state index < -0.39 is 0 Å². The number of amides is 1. The summed E-state index contributed by atoms with van der Waals surface area (Å²) in [6, 6.07) is 0.500. The largest absolute Gasteiger partial charge is 0.338 e. The van der Waals surface area contributed by atoms with Crippen LogP contribution in [0.5, 0.6) is 0 Å². The number of hydrogen-bond acceptors (Lipinski definition) is 3. The average molecular weight is 306 g/mol. The molecule has 1 aromatic heterocycles. The van der Waals surface area contributed by atoms with Crippen LogP contribution in [-0.2, 0) is 11.2 Å². The van der Waals surface area contributed by atoms with E-state index in [2.05, 4.69) is 29.1 Å². The van der Waals surface area contributed by atoms with Gasteiger partial charge in [0.05, 0.1) is 10.7 Å². The summed E-state index contributed by atoms with van der Waals surface area (Å²) in [6.45, 7) is 7.58. The lowest BCUT2D eigenvalue weighted by molar-refractivity contribution is -0.175. The third-order valence-corrected chi connectivity index (χ3v) is 6.06. The number of carbonyl (C=O) groups is 1. The molecule has 21 heavy (non-hydrogen) atoms. The van der Waals surface area contributed by atoms with E-state index in [4.69, 9.17) is 0 Å². The van der Waals surface area contributed by atoms with E-state index in [-0.39, 0.29) is 0 Å². The lowest BCUT2D eigenvalue weighted by Crippen LogP contribution is -2.70. The molecule has 4 heteroatoms. The summed E-state index contributed by atoms with van der Waals surface area (Å²) >= 11 is 1.69. The van der Waals surface area contributed by atoms with E-state index in [1.807, 2.05) is 6.92 Å². The van der Waals surface area contributed by atoms with Crippen molar-refractivity contribution < 1.29 is 4.79 Å². The van der Waals surface area contributed by atoms with Crippen LogP contribution >= 0.6 is 11.3 Å². The number of aromatic nitrogens is 1. The minimum atomic E-state index is 0.359. The molecule has 1 aliphatic carbocycles. The van der Waals surface area contributed by atoms with Gasteiger partial charge in [-0.05, 0) is 38.5 Å². The molecule has 116 valence electrons. The third kappa shape index (κ3) is 2.75. The first-order valence-corrected chi connectivity index (χ1v) is 9.10. The lowest BCUT2D eigenvalue weighted by Gasteiger charge is -2.64. The summed E-state index contributed by atoms with van der Waals surface area (Å²) in [5, 5.41) is 3.23. The highest BCUT2D eigenvalue weighted by atomic mass is 32.1. The summed E-state index contributed by atoms with van der Waals surface area (Å²) in [5.74, 6) is 0.947. The first kappa shape index (κ1) is 15.0. The fourth-order valence-electron chi connectivity index (χ4n) is 4.23. The van der Waals surface area contributed by atoms with E-state index in [1.165, 1.54) is 19.3 Å². The molecule has 1 atom stereocenters. The molecule has 2 fully saturated rings. The standard InChI is InChI=1S/C17H26N2OS/c1-12(2)16-17(8-5-9-17)11-19(16)15(20)7-4-6-14-10-21-13(3)18-14/h10,12,16H,4-9,11H2,1-3H3. The molecule has 1 saturated heterocycles. The zero-order chi connectivity index (χ0) is 15.0. The Kier molecular flexibility index (Phi) is 4.08. The predicted octanol–water partition coefficient (Wildman–Crippen LogP) is 3.81. The summed E-state index contributed by atoms with van der Waals surface area (Å²) in [5.41, 5.74) is 1.64. The Morgan fingerprint density at radius 1 is 1.52 bits per heavy atom. The smallest absolute Gasteiger partial charge is 0.222 e. The Morgan fingerprint density at radius 3 is 2.81 bits per heavy atom. The van der Waals surface area contributed by atoms with Crippen molar-refractivity contribution in [1.82, 2.24) is 9.88 Å². The maximum Gasteiger partial charge on any atom is 0.222 e. The van der Waals surface area contributed by atoms with Crippen LogP contribution in [-0.4, -0.2) is 28.4 Å². The van der Waals surface area contributed by atoms with Gasteiger partial charge in [0.2, 0.25) is 5.91 Å². The van der Waals surface area contributed by atoms with Crippen LogP contribution in [0.3, 0.4) is 0 Å². The third-order valence-electron chi connectivity index (χ3n) is 5.24. The van der Waals surface area contributed by atoms with Gasteiger partial charge in [-0.2, -0.15) is 0 Å². The van der Waals surface area contributed by atoms with E-state index >= 15 is 0 Å². The van der Waals surface area contributed by atoms with E-state index in [0.717, 1.165) is 30.1 Å². The SMILES string of the molecule is Cc1nc(CCCC(=O)N2CC3(CCC3)C2C(C)C)cs1. The molecule has 2 heterocycles. The van der Waals surface area contributed by atoms with Crippen LogP contribution in [0.15, 0.2) is 5.38 Å². The second-order valence-electron chi connectivity index (χ2n) is 7.14. The number of hydrogen-bond donors (Lipinski definition) is 0. The van der Waals surface area contributed by atoms with Gasteiger partial charge in [0.1, 0.15) is 0 Å². The number of carbonyl (C=O) groups excluding carboxylic acids is 1. The molecule has 3 rings (SSSR count). The Balaban J connectivity index is 1.49. The van der Waals surface area contributed by atoms with Gasteiger partial charge in [0.15, 0.2) is 0 Å². The van der Waals surface area contributed by atoms with E-state index in [1.54, 1.807) is 11.3 Å². The molecule has 1 aromatic rings. The average Bonchev–Trinajstić information content (AvgIpc) is 2.71. The van der Waals surface area contributed by atoms with E-state index in [9.17, 15) is 4.79 Å². The zero-order valence-corrected chi connectivity index (χ0v) is 14.2. The van der Waals surface area contributed by atoms with Crippen molar-refractivity contribution in [1.29, 1.82) is 0 Å². The Labute approximate surface area is 131 Å². The van der Waals surface area contributed by atoms with Crippen molar-refractivity contribution in [2.24, 2.45) is 11.3 Å². The molecule has 2 aliphatic rings. The highest BCUT2D eigenvalue weighted by molar-refractivity contribution is 7.09. The van der Waals surface area contributed by atoms with Gasteiger partial charge in [0.25, 0.3) is 0 Å². The quantitative estimate of drug-likeness (QED) is 0.828. The molecule has 0 aromatic carbocycles. The van der Waals surface area contributed by atoms with Crippen LogP contribution in [0.2, 0.25) is 0 Å². The number of aryl methyl sites for hydroxylation is 2. The number of likely N-dealkylation sites (tertiary alicyclic amines) is 1. The van der Waals surface area contributed by atoms with Gasteiger partial charge in [0, 0.05) is 29.8 Å². The van der Waals surface area contributed by atoms with Gasteiger partial charge >= 0.3 is 0 Å². The molecule has 0 N–H and O–H groups in total. The molecular formula is C17H26N2OS. The zero-order valence-electron chi connectivity index (χ0n) is 13.4. The monoisotopic (exact) mass is 306 g/mol. The van der Waals surface area contributed by atoms with Crippen molar-refractivity contribution >= 4 is 17.2 Å². The summed E-state index contributed by atoms with van der Waals surface area (Å²) in [6.07, 6.45) is 6.55. The fraction of sp³-hybridized carbons (Fsp3) is 0.765. The number of nitrogens with zero attached hydrogens (tertiary/aromatic N) is 2. The van der Waals surface area contributed by atoms with Gasteiger partial charge in [-0.15, -0.1) is 11.3 Å². The molecule has 0 bridgehead atoms. The highest BCUT2D eigenvalue weighted by Gasteiger charge is 2.57. The maximum absolute atomic E-state index is 12.5. The summed E-state index contributed by atoms with van der Waals surface area (Å²) in [7, 11) is 0. The normalized spacial score (nSPS) is 23.2. The first-order valence-electron chi connectivity index (χ1n) is 8.22. The Bertz CT molecular complexity index is 519. The van der Waals surface area contributed by atoms with Crippen LogP contribution in [0.1, 0.15) is 56.7 Å². The number of thiazole rings is 1. The minimum Gasteiger partial charge on any atom is -0.338 e. The molecule has 1 unspecified atom stereocenters.